The molecule has 3 amide bonds. The van der Waals surface area contributed by atoms with Crippen LogP contribution in [0, 0.1) is 0 Å². The lowest BCUT2D eigenvalue weighted by Gasteiger charge is -2.34. The molecule has 1 aliphatic heterocycles. The quantitative estimate of drug-likeness (QED) is 0.725. The van der Waals surface area contributed by atoms with E-state index in [1.807, 2.05) is 4.90 Å². The Labute approximate surface area is 161 Å². The van der Waals surface area contributed by atoms with Gasteiger partial charge >= 0.3 is 0 Å². The van der Waals surface area contributed by atoms with Crippen LogP contribution in [0.25, 0.3) is 0 Å². The second-order valence-electron chi connectivity index (χ2n) is 6.13. The van der Waals surface area contributed by atoms with Gasteiger partial charge in [-0.15, -0.1) is 0 Å². The SMILES string of the molecule is NC(=O)c1cccc(NC(=O)/C=C\C(=O)N2CCN(c3ncccn3)CC2)c1. The lowest BCUT2D eigenvalue weighted by Crippen LogP contribution is -2.48. The number of nitrogens with zero attached hydrogens (tertiary/aromatic N) is 4. The van der Waals surface area contributed by atoms with Crippen molar-refractivity contribution in [2.75, 3.05) is 36.4 Å². The van der Waals surface area contributed by atoms with E-state index in [1.165, 1.54) is 18.2 Å². The molecule has 0 atom stereocenters. The van der Waals surface area contributed by atoms with Crippen molar-refractivity contribution >= 4 is 29.4 Å². The van der Waals surface area contributed by atoms with Gasteiger partial charge in [-0.05, 0) is 24.3 Å². The number of anilines is 2. The number of aromatic nitrogens is 2. The Morgan fingerprint density at radius 1 is 1.00 bits per heavy atom. The van der Waals surface area contributed by atoms with Gasteiger partial charge in [-0.2, -0.15) is 0 Å². The van der Waals surface area contributed by atoms with Crippen LogP contribution in [0.1, 0.15) is 10.4 Å². The Kier molecular flexibility index (Phi) is 5.95. The second kappa shape index (κ2) is 8.76. The highest BCUT2D eigenvalue weighted by Gasteiger charge is 2.21. The van der Waals surface area contributed by atoms with Gasteiger partial charge in [0.25, 0.3) is 0 Å². The number of hydrogen-bond donors (Lipinski definition) is 2. The molecule has 0 spiro atoms. The minimum absolute atomic E-state index is 0.241. The molecule has 0 aliphatic carbocycles. The molecular weight excluding hydrogens is 360 g/mol. The van der Waals surface area contributed by atoms with Gasteiger partial charge < -0.3 is 20.9 Å². The number of nitrogens with one attached hydrogen (secondary N) is 1. The van der Waals surface area contributed by atoms with Gasteiger partial charge in [0.15, 0.2) is 0 Å². The molecule has 3 N–H and O–H groups in total. The number of carbonyl (C=O) groups is 3. The van der Waals surface area contributed by atoms with Crippen LogP contribution < -0.4 is 16.0 Å². The Morgan fingerprint density at radius 3 is 2.39 bits per heavy atom. The van der Waals surface area contributed by atoms with E-state index >= 15 is 0 Å². The summed E-state index contributed by atoms with van der Waals surface area (Å²) in [5.74, 6) is -0.648. The van der Waals surface area contributed by atoms with Crippen LogP contribution in [-0.2, 0) is 9.59 Å². The normalized spacial score (nSPS) is 14.1. The van der Waals surface area contributed by atoms with Crippen LogP contribution in [-0.4, -0.2) is 58.8 Å². The summed E-state index contributed by atoms with van der Waals surface area (Å²) in [7, 11) is 0. The first kappa shape index (κ1) is 19.0. The van der Waals surface area contributed by atoms with Crippen LogP contribution in [0.2, 0.25) is 0 Å². The first-order chi connectivity index (χ1) is 13.5. The summed E-state index contributed by atoms with van der Waals surface area (Å²) >= 11 is 0. The minimum atomic E-state index is -0.582. The van der Waals surface area contributed by atoms with Crippen molar-refractivity contribution in [3.8, 4) is 0 Å². The Bertz CT molecular complexity index is 892. The molecule has 28 heavy (non-hydrogen) atoms. The summed E-state index contributed by atoms with van der Waals surface area (Å²) in [5, 5.41) is 2.60. The first-order valence-corrected chi connectivity index (χ1v) is 8.73. The first-order valence-electron chi connectivity index (χ1n) is 8.73. The molecule has 0 unspecified atom stereocenters. The van der Waals surface area contributed by atoms with Crippen molar-refractivity contribution in [1.29, 1.82) is 0 Å². The van der Waals surface area contributed by atoms with Crippen molar-refractivity contribution in [2.24, 2.45) is 5.73 Å². The summed E-state index contributed by atoms with van der Waals surface area (Å²) in [6.45, 7) is 2.28. The van der Waals surface area contributed by atoms with Crippen LogP contribution in [0.4, 0.5) is 11.6 Å². The summed E-state index contributed by atoms with van der Waals surface area (Å²) in [5.41, 5.74) is 5.93. The van der Waals surface area contributed by atoms with Crippen molar-refractivity contribution in [2.45, 2.75) is 0 Å². The monoisotopic (exact) mass is 380 g/mol. The smallest absolute Gasteiger partial charge is 0.248 e. The maximum Gasteiger partial charge on any atom is 0.248 e. The summed E-state index contributed by atoms with van der Waals surface area (Å²) in [6, 6.07) is 8.02. The average Bonchev–Trinajstić information content (AvgIpc) is 2.73. The van der Waals surface area contributed by atoms with E-state index in [0.29, 0.717) is 37.8 Å². The number of hydrogen-bond acceptors (Lipinski definition) is 6. The van der Waals surface area contributed by atoms with Crippen LogP contribution in [0.3, 0.4) is 0 Å². The minimum Gasteiger partial charge on any atom is -0.366 e. The fourth-order valence-corrected chi connectivity index (χ4v) is 2.77. The number of primary amides is 1. The molecule has 0 radical (unpaired) electrons. The molecule has 144 valence electrons. The predicted molar refractivity (Wildman–Crippen MR) is 104 cm³/mol. The van der Waals surface area contributed by atoms with E-state index in [-0.39, 0.29) is 11.5 Å². The van der Waals surface area contributed by atoms with E-state index < -0.39 is 11.8 Å². The molecule has 1 aliphatic rings. The van der Waals surface area contributed by atoms with Crippen molar-refractivity contribution in [1.82, 2.24) is 14.9 Å². The van der Waals surface area contributed by atoms with E-state index in [4.69, 9.17) is 5.73 Å². The van der Waals surface area contributed by atoms with E-state index in [1.54, 1.807) is 41.6 Å². The summed E-state index contributed by atoms with van der Waals surface area (Å²) < 4.78 is 0. The van der Waals surface area contributed by atoms with E-state index in [0.717, 1.165) is 0 Å². The zero-order valence-electron chi connectivity index (χ0n) is 15.1. The highest BCUT2D eigenvalue weighted by Crippen LogP contribution is 2.11. The Hall–Kier alpha value is -3.75. The van der Waals surface area contributed by atoms with Gasteiger partial charge in [-0.3, -0.25) is 14.4 Å². The summed E-state index contributed by atoms with van der Waals surface area (Å²) in [4.78, 5) is 47.6. The molecule has 1 fully saturated rings. The zero-order valence-corrected chi connectivity index (χ0v) is 15.1. The number of benzene rings is 1. The molecule has 2 heterocycles. The lowest BCUT2D eigenvalue weighted by atomic mass is 10.2. The maximum atomic E-state index is 12.3. The molecule has 0 saturated carbocycles. The topological polar surface area (TPSA) is 122 Å². The number of piperazine rings is 1. The Balaban J connectivity index is 1.50. The third-order valence-electron chi connectivity index (χ3n) is 4.22. The van der Waals surface area contributed by atoms with Gasteiger partial charge in [0.05, 0.1) is 0 Å². The van der Waals surface area contributed by atoms with Gasteiger partial charge in [-0.25, -0.2) is 9.97 Å². The molecule has 9 heteroatoms. The molecule has 3 rings (SSSR count). The maximum absolute atomic E-state index is 12.3. The molecule has 1 aromatic carbocycles. The van der Waals surface area contributed by atoms with E-state index in [2.05, 4.69) is 15.3 Å². The van der Waals surface area contributed by atoms with Crippen LogP contribution >= 0.6 is 0 Å². The van der Waals surface area contributed by atoms with Crippen LogP contribution in [0.5, 0.6) is 0 Å². The molecule has 9 nitrogen and oxygen atoms in total. The Morgan fingerprint density at radius 2 is 1.71 bits per heavy atom. The molecule has 1 aromatic heterocycles. The highest BCUT2D eigenvalue weighted by atomic mass is 16.2. The number of nitrogens with two attached hydrogens (primary N) is 1. The number of amides is 3. The zero-order chi connectivity index (χ0) is 19.9. The molecular formula is C19H20N6O3. The van der Waals surface area contributed by atoms with Gasteiger partial charge in [0.2, 0.25) is 23.7 Å². The summed E-state index contributed by atoms with van der Waals surface area (Å²) in [6.07, 6.45) is 5.77. The van der Waals surface area contributed by atoms with Crippen molar-refractivity contribution in [3.63, 3.8) is 0 Å². The van der Waals surface area contributed by atoms with Crippen LogP contribution in [0.15, 0.2) is 54.9 Å². The number of carbonyl (C=O) groups excluding carboxylic acids is 3. The predicted octanol–water partition coefficient (Wildman–Crippen LogP) is 0.419. The highest BCUT2D eigenvalue weighted by molar-refractivity contribution is 6.04. The number of rotatable bonds is 5. The third kappa shape index (κ3) is 4.91. The fraction of sp³-hybridized carbons (Fsp3) is 0.211. The van der Waals surface area contributed by atoms with Crippen molar-refractivity contribution < 1.29 is 14.4 Å². The lowest BCUT2D eigenvalue weighted by molar-refractivity contribution is -0.126. The molecule has 0 bridgehead atoms. The second-order valence-corrected chi connectivity index (χ2v) is 6.13. The third-order valence-corrected chi connectivity index (χ3v) is 4.22. The van der Waals surface area contributed by atoms with Gasteiger partial charge in [0.1, 0.15) is 0 Å². The van der Waals surface area contributed by atoms with Gasteiger partial charge in [-0.1, -0.05) is 6.07 Å². The van der Waals surface area contributed by atoms with Crippen molar-refractivity contribution in [3.05, 3.63) is 60.4 Å². The fourth-order valence-electron chi connectivity index (χ4n) is 2.77. The standard InChI is InChI=1S/C19H20N6O3/c20-18(28)14-3-1-4-15(13-14)23-16(26)5-6-17(27)24-9-11-25(12-10-24)19-21-7-2-8-22-19/h1-8,13H,9-12H2,(H2,20,28)(H,23,26)/b6-5-. The molecule has 1 saturated heterocycles. The average molecular weight is 380 g/mol. The van der Waals surface area contributed by atoms with E-state index in [9.17, 15) is 14.4 Å². The van der Waals surface area contributed by atoms with Gasteiger partial charge in [0, 0.05) is 62.0 Å². The molecule has 2 aromatic rings. The largest absolute Gasteiger partial charge is 0.366 e.